The van der Waals surface area contributed by atoms with E-state index in [1.165, 1.54) is 17.7 Å². The van der Waals surface area contributed by atoms with Crippen molar-refractivity contribution in [3.63, 3.8) is 0 Å². The van der Waals surface area contributed by atoms with Crippen LogP contribution < -0.4 is 5.32 Å². The summed E-state index contributed by atoms with van der Waals surface area (Å²) in [6.07, 6.45) is 4.61. The minimum Gasteiger partial charge on any atom is -0.309 e. The number of thiophene rings is 1. The summed E-state index contributed by atoms with van der Waals surface area (Å²) < 4.78 is 0. The third kappa shape index (κ3) is 3.33. The van der Waals surface area contributed by atoms with E-state index in [-0.39, 0.29) is 11.8 Å². The van der Waals surface area contributed by atoms with Crippen LogP contribution in [0.3, 0.4) is 0 Å². The molecule has 2 fully saturated rings. The molecule has 1 amide bonds. The number of likely N-dealkylation sites (tertiary alicyclic amines) is 1. The van der Waals surface area contributed by atoms with Crippen LogP contribution in [0.2, 0.25) is 0 Å². The number of rotatable bonds is 4. The summed E-state index contributed by atoms with van der Waals surface area (Å²) in [6, 6.07) is 6.89. The van der Waals surface area contributed by atoms with Gasteiger partial charge in [-0.2, -0.15) is 5.10 Å². The van der Waals surface area contributed by atoms with Gasteiger partial charge in [-0.05, 0) is 57.8 Å². The van der Waals surface area contributed by atoms with Crippen LogP contribution in [0.4, 0.5) is 5.82 Å². The molecule has 122 valence electrons. The topological polar surface area (TPSA) is 61.0 Å². The van der Waals surface area contributed by atoms with Crippen LogP contribution in [-0.4, -0.2) is 40.1 Å². The fourth-order valence-electron chi connectivity index (χ4n) is 3.29. The smallest absolute Gasteiger partial charge is 0.228 e. The van der Waals surface area contributed by atoms with Crippen molar-refractivity contribution in [3.8, 4) is 10.6 Å². The van der Waals surface area contributed by atoms with E-state index in [9.17, 15) is 4.79 Å². The SMILES string of the molecule is Cc1ccc(-c2cc(NC(=O)C3CCN(C4CC4)CC3)n[nH]2)s1. The van der Waals surface area contributed by atoms with Crippen molar-refractivity contribution in [1.82, 2.24) is 15.1 Å². The average molecular weight is 330 g/mol. The molecule has 2 aliphatic rings. The first-order valence-electron chi connectivity index (χ1n) is 8.36. The number of anilines is 1. The predicted octanol–water partition coefficient (Wildman–Crippen LogP) is 3.26. The van der Waals surface area contributed by atoms with Gasteiger partial charge in [0.05, 0.1) is 10.6 Å². The zero-order valence-electron chi connectivity index (χ0n) is 13.3. The Labute approximate surface area is 140 Å². The van der Waals surface area contributed by atoms with Gasteiger partial charge in [0.2, 0.25) is 5.91 Å². The van der Waals surface area contributed by atoms with Gasteiger partial charge in [0.15, 0.2) is 5.82 Å². The van der Waals surface area contributed by atoms with Crippen molar-refractivity contribution in [2.75, 3.05) is 18.4 Å². The van der Waals surface area contributed by atoms with Crippen LogP contribution in [0.1, 0.15) is 30.6 Å². The van der Waals surface area contributed by atoms with E-state index in [1.54, 1.807) is 11.3 Å². The van der Waals surface area contributed by atoms with Crippen molar-refractivity contribution in [2.24, 2.45) is 5.92 Å². The number of aromatic amines is 1. The number of nitrogens with one attached hydrogen (secondary N) is 2. The maximum atomic E-state index is 12.4. The van der Waals surface area contributed by atoms with Gasteiger partial charge in [0.1, 0.15) is 0 Å². The van der Waals surface area contributed by atoms with E-state index in [0.717, 1.165) is 42.5 Å². The first kappa shape index (κ1) is 14.9. The molecule has 2 aromatic heterocycles. The van der Waals surface area contributed by atoms with E-state index in [0.29, 0.717) is 5.82 Å². The summed E-state index contributed by atoms with van der Waals surface area (Å²) >= 11 is 1.72. The molecule has 5 nitrogen and oxygen atoms in total. The summed E-state index contributed by atoms with van der Waals surface area (Å²) in [6.45, 7) is 4.20. The minimum absolute atomic E-state index is 0.112. The maximum Gasteiger partial charge on any atom is 0.228 e. The number of amides is 1. The van der Waals surface area contributed by atoms with E-state index in [1.807, 2.05) is 6.07 Å². The van der Waals surface area contributed by atoms with Gasteiger partial charge in [0.25, 0.3) is 0 Å². The number of nitrogens with zero attached hydrogens (tertiary/aromatic N) is 2. The molecule has 0 unspecified atom stereocenters. The van der Waals surface area contributed by atoms with Crippen LogP contribution in [0.25, 0.3) is 10.6 Å². The van der Waals surface area contributed by atoms with Crippen LogP contribution in [-0.2, 0) is 4.79 Å². The van der Waals surface area contributed by atoms with Crippen molar-refractivity contribution in [3.05, 3.63) is 23.1 Å². The Hall–Kier alpha value is -1.66. The number of aryl methyl sites for hydroxylation is 1. The quantitative estimate of drug-likeness (QED) is 0.904. The van der Waals surface area contributed by atoms with Gasteiger partial charge in [0, 0.05) is 22.9 Å². The molecule has 0 spiro atoms. The van der Waals surface area contributed by atoms with Crippen LogP contribution >= 0.6 is 11.3 Å². The number of carbonyl (C=O) groups is 1. The molecule has 0 aromatic carbocycles. The maximum absolute atomic E-state index is 12.4. The standard InChI is InChI=1S/C17H22N4OS/c1-11-2-5-15(23-11)14-10-16(20-19-14)18-17(22)12-6-8-21(9-7-12)13-3-4-13/h2,5,10,12-13H,3-4,6-9H2,1H3,(H2,18,19,20,22). The molecule has 1 aliphatic carbocycles. The van der Waals surface area contributed by atoms with Crippen molar-refractivity contribution >= 4 is 23.1 Å². The number of carbonyl (C=O) groups excluding carboxylic acids is 1. The number of aromatic nitrogens is 2. The van der Waals surface area contributed by atoms with Gasteiger partial charge in [-0.15, -0.1) is 11.3 Å². The molecule has 2 aromatic rings. The van der Waals surface area contributed by atoms with Crippen LogP contribution in [0, 0.1) is 12.8 Å². The van der Waals surface area contributed by atoms with E-state index in [4.69, 9.17) is 0 Å². The molecule has 0 bridgehead atoms. The highest BCUT2D eigenvalue weighted by atomic mass is 32.1. The number of hydrogen-bond donors (Lipinski definition) is 2. The van der Waals surface area contributed by atoms with Crippen LogP contribution in [0.5, 0.6) is 0 Å². The van der Waals surface area contributed by atoms with Gasteiger partial charge in [-0.25, -0.2) is 0 Å². The monoisotopic (exact) mass is 330 g/mol. The lowest BCUT2D eigenvalue weighted by molar-refractivity contribution is -0.121. The van der Waals surface area contributed by atoms with Crippen molar-refractivity contribution < 1.29 is 4.79 Å². The lowest BCUT2D eigenvalue weighted by Gasteiger charge is -2.31. The second kappa shape index (κ2) is 6.09. The first-order valence-corrected chi connectivity index (χ1v) is 9.18. The molecule has 4 rings (SSSR count). The molecule has 1 aliphatic heterocycles. The summed E-state index contributed by atoms with van der Waals surface area (Å²) in [5, 5.41) is 10.2. The molecule has 6 heteroatoms. The third-order valence-electron chi connectivity index (χ3n) is 4.80. The highest BCUT2D eigenvalue weighted by Crippen LogP contribution is 2.31. The van der Waals surface area contributed by atoms with Crippen molar-refractivity contribution in [1.29, 1.82) is 0 Å². The van der Waals surface area contributed by atoms with E-state index >= 15 is 0 Å². The fourth-order valence-corrected chi connectivity index (χ4v) is 4.12. The van der Waals surface area contributed by atoms with Gasteiger partial charge in [-0.3, -0.25) is 9.89 Å². The molecular weight excluding hydrogens is 308 g/mol. The Morgan fingerprint density at radius 3 is 2.74 bits per heavy atom. The Balaban J connectivity index is 1.34. The van der Waals surface area contributed by atoms with E-state index in [2.05, 4.69) is 39.5 Å². The van der Waals surface area contributed by atoms with Crippen LogP contribution in [0.15, 0.2) is 18.2 Å². The molecular formula is C17H22N4OS. The summed E-state index contributed by atoms with van der Waals surface area (Å²) in [4.78, 5) is 17.4. The van der Waals surface area contributed by atoms with Crippen molar-refractivity contribution in [2.45, 2.75) is 38.6 Å². The molecule has 2 N–H and O–H groups in total. The zero-order chi connectivity index (χ0) is 15.8. The number of H-pyrrole nitrogens is 1. The summed E-state index contributed by atoms with van der Waals surface area (Å²) in [5.41, 5.74) is 0.960. The lowest BCUT2D eigenvalue weighted by Crippen LogP contribution is -2.39. The zero-order valence-corrected chi connectivity index (χ0v) is 14.2. The Kier molecular flexibility index (Phi) is 3.95. The number of hydrogen-bond acceptors (Lipinski definition) is 4. The minimum atomic E-state index is 0.112. The molecule has 23 heavy (non-hydrogen) atoms. The first-order chi connectivity index (χ1) is 11.2. The summed E-state index contributed by atoms with van der Waals surface area (Å²) in [7, 11) is 0. The Morgan fingerprint density at radius 2 is 2.09 bits per heavy atom. The van der Waals surface area contributed by atoms with Gasteiger partial charge >= 0.3 is 0 Å². The Morgan fingerprint density at radius 1 is 1.30 bits per heavy atom. The third-order valence-corrected chi connectivity index (χ3v) is 5.83. The molecule has 0 radical (unpaired) electrons. The Bertz CT molecular complexity index is 695. The molecule has 0 atom stereocenters. The molecule has 3 heterocycles. The van der Waals surface area contributed by atoms with E-state index < -0.39 is 0 Å². The van der Waals surface area contributed by atoms with Gasteiger partial charge in [-0.1, -0.05) is 0 Å². The lowest BCUT2D eigenvalue weighted by atomic mass is 9.96. The normalized spacial score (nSPS) is 19.9. The van der Waals surface area contributed by atoms with Gasteiger partial charge < -0.3 is 10.2 Å². The fraction of sp³-hybridized carbons (Fsp3) is 0.529. The predicted molar refractivity (Wildman–Crippen MR) is 92.6 cm³/mol. The second-order valence-corrected chi connectivity index (χ2v) is 7.90. The summed E-state index contributed by atoms with van der Waals surface area (Å²) in [5.74, 6) is 0.857. The second-order valence-electron chi connectivity index (χ2n) is 6.61. The number of piperidine rings is 1. The average Bonchev–Trinajstić information content (AvgIpc) is 3.16. The highest BCUT2D eigenvalue weighted by Gasteiger charge is 2.33. The highest BCUT2D eigenvalue weighted by molar-refractivity contribution is 7.15. The largest absolute Gasteiger partial charge is 0.309 e. The molecule has 1 saturated heterocycles. The molecule has 1 saturated carbocycles.